The highest BCUT2D eigenvalue weighted by atomic mass is 127. The molecule has 0 atom stereocenters. The first-order valence-corrected chi connectivity index (χ1v) is 8.07. The molecule has 2 heterocycles. The lowest BCUT2D eigenvalue weighted by Gasteiger charge is -2.12. The molecule has 0 saturated heterocycles. The monoisotopic (exact) mass is 383 g/mol. The normalized spacial score (nSPS) is 14.6. The molecular formula is C14H18IN5. The van der Waals surface area contributed by atoms with Crippen molar-refractivity contribution in [3.8, 4) is 11.6 Å². The van der Waals surface area contributed by atoms with Crippen LogP contribution in [0.3, 0.4) is 0 Å². The first-order chi connectivity index (χ1) is 9.70. The van der Waals surface area contributed by atoms with Crippen LogP contribution >= 0.6 is 22.6 Å². The van der Waals surface area contributed by atoms with Crippen LogP contribution in [0.15, 0.2) is 12.4 Å². The summed E-state index contributed by atoms with van der Waals surface area (Å²) < 4.78 is 3.12. The summed E-state index contributed by atoms with van der Waals surface area (Å²) in [6, 6.07) is 0. The third kappa shape index (κ3) is 2.65. The van der Waals surface area contributed by atoms with Gasteiger partial charge in [-0.15, -0.1) is 0 Å². The first kappa shape index (κ1) is 13.8. The van der Waals surface area contributed by atoms with E-state index in [1.807, 2.05) is 17.8 Å². The van der Waals surface area contributed by atoms with Crippen LogP contribution in [0.4, 0.5) is 5.82 Å². The van der Waals surface area contributed by atoms with Crippen LogP contribution in [0.2, 0.25) is 0 Å². The van der Waals surface area contributed by atoms with E-state index in [9.17, 15) is 0 Å². The van der Waals surface area contributed by atoms with Crippen LogP contribution in [0, 0.1) is 3.57 Å². The molecule has 1 N–H and O–H groups in total. The third-order valence-corrected chi connectivity index (χ3v) is 4.47. The van der Waals surface area contributed by atoms with E-state index in [-0.39, 0.29) is 0 Å². The minimum atomic E-state index is 0.603. The molecule has 0 unspecified atom stereocenters. The Balaban J connectivity index is 2.06. The fourth-order valence-electron chi connectivity index (χ4n) is 2.13. The number of halogens is 1. The standard InChI is InChI=1S/C14H18IN5/c1-3-6-16-12-10(15)11(9-4-5-9)18-13(19-12)14-17-7-8-20(14)2/h7-9H,3-6H2,1-2H3,(H,16,18,19). The zero-order valence-electron chi connectivity index (χ0n) is 11.7. The molecule has 6 heteroatoms. The first-order valence-electron chi connectivity index (χ1n) is 6.99. The SMILES string of the molecule is CCCNc1nc(-c2nccn2C)nc(C2CC2)c1I. The Bertz CT molecular complexity index is 618. The number of aromatic nitrogens is 4. The maximum atomic E-state index is 4.76. The molecule has 5 nitrogen and oxygen atoms in total. The lowest BCUT2D eigenvalue weighted by atomic mass is 10.2. The van der Waals surface area contributed by atoms with E-state index < -0.39 is 0 Å². The quantitative estimate of drug-likeness (QED) is 0.806. The van der Waals surface area contributed by atoms with Gasteiger partial charge in [0, 0.05) is 31.9 Å². The van der Waals surface area contributed by atoms with E-state index in [0.717, 1.165) is 34.0 Å². The van der Waals surface area contributed by atoms with Gasteiger partial charge in [-0.05, 0) is 41.9 Å². The van der Waals surface area contributed by atoms with Crippen molar-refractivity contribution in [1.82, 2.24) is 19.5 Å². The van der Waals surface area contributed by atoms with E-state index in [1.54, 1.807) is 6.20 Å². The number of anilines is 1. The number of hydrogen-bond donors (Lipinski definition) is 1. The van der Waals surface area contributed by atoms with Crippen molar-refractivity contribution in [2.75, 3.05) is 11.9 Å². The molecule has 0 radical (unpaired) electrons. The molecular weight excluding hydrogens is 365 g/mol. The van der Waals surface area contributed by atoms with Crippen LogP contribution < -0.4 is 5.32 Å². The topological polar surface area (TPSA) is 55.6 Å². The van der Waals surface area contributed by atoms with Crippen molar-refractivity contribution in [3.05, 3.63) is 21.7 Å². The summed E-state index contributed by atoms with van der Waals surface area (Å²) in [6.45, 7) is 3.08. The zero-order valence-corrected chi connectivity index (χ0v) is 13.9. The summed E-state index contributed by atoms with van der Waals surface area (Å²) in [5.74, 6) is 3.09. The molecule has 106 valence electrons. The molecule has 1 aliphatic carbocycles. The minimum absolute atomic E-state index is 0.603. The number of hydrogen-bond acceptors (Lipinski definition) is 4. The molecule has 2 aromatic rings. The highest BCUT2D eigenvalue weighted by Gasteiger charge is 2.30. The van der Waals surface area contributed by atoms with Gasteiger partial charge in [0.15, 0.2) is 11.6 Å². The van der Waals surface area contributed by atoms with E-state index in [0.29, 0.717) is 5.92 Å². The van der Waals surface area contributed by atoms with Crippen LogP contribution in [0.1, 0.15) is 37.8 Å². The van der Waals surface area contributed by atoms with Crippen molar-refractivity contribution < 1.29 is 0 Å². The average molecular weight is 383 g/mol. The summed E-state index contributed by atoms with van der Waals surface area (Å²) in [6.07, 6.45) is 7.26. The molecule has 0 spiro atoms. The predicted molar refractivity (Wildman–Crippen MR) is 87.7 cm³/mol. The summed E-state index contributed by atoms with van der Waals surface area (Å²) in [5.41, 5.74) is 1.18. The van der Waals surface area contributed by atoms with Crippen LogP contribution in [-0.4, -0.2) is 26.1 Å². The van der Waals surface area contributed by atoms with E-state index in [2.05, 4.69) is 44.8 Å². The zero-order chi connectivity index (χ0) is 14.1. The Hall–Kier alpha value is -1.18. The maximum absolute atomic E-state index is 4.76. The number of nitrogens with zero attached hydrogens (tertiary/aromatic N) is 4. The largest absolute Gasteiger partial charge is 0.369 e. The minimum Gasteiger partial charge on any atom is -0.369 e. The number of rotatable bonds is 5. The maximum Gasteiger partial charge on any atom is 0.198 e. The molecule has 1 fully saturated rings. The second kappa shape index (κ2) is 5.67. The average Bonchev–Trinajstić information content (AvgIpc) is 3.20. The Morgan fingerprint density at radius 1 is 1.40 bits per heavy atom. The van der Waals surface area contributed by atoms with Crippen molar-refractivity contribution >= 4 is 28.4 Å². The molecule has 2 aromatic heterocycles. The van der Waals surface area contributed by atoms with Crippen molar-refractivity contribution in [1.29, 1.82) is 0 Å². The number of imidazole rings is 1. The van der Waals surface area contributed by atoms with Gasteiger partial charge in [0.2, 0.25) is 0 Å². The molecule has 1 aliphatic rings. The second-order valence-electron chi connectivity index (χ2n) is 5.16. The van der Waals surface area contributed by atoms with Gasteiger partial charge in [0.1, 0.15) is 5.82 Å². The summed E-state index contributed by atoms with van der Waals surface area (Å²) in [7, 11) is 1.97. The Kier molecular flexibility index (Phi) is 3.91. The molecule has 0 amide bonds. The van der Waals surface area contributed by atoms with Crippen molar-refractivity contribution in [2.45, 2.75) is 32.1 Å². The number of nitrogens with one attached hydrogen (secondary N) is 1. The fourth-order valence-corrected chi connectivity index (χ4v) is 3.01. The van der Waals surface area contributed by atoms with Crippen molar-refractivity contribution in [2.24, 2.45) is 7.05 Å². The van der Waals surface area contributed by atoms with Crippen LogP contribution in [0.25, 0.3) is 11.6 Å². The second-order valence-corrected chi connectivity index (χ2v) is 6.24. The predicted octanol–water partition coefficient (Wildman–Crippen LogP) is 3.18. The molecule has 1 saturated carbocycles. The molecule has 20 heavy (non-hydrogen) atoms. The Morgan fingerprint density at radius 3 is 2.80 bits per heavy atom. The summed E-state index contributed by atoms with van der Waals surface area (Å²) in [4.78, 5) is 13.8. The van der Waals surface area contributed by atoms with Crippen molar-refractivity contribution in [3.63, 3.8) is 0 Å². The highest BCUT2D eigenvalue weighted by molar-refractivity contribution is 14.1. The summed E-state index contributed by atoms with van der Waals surface area (Å²) in [5, 5.41) is 3.41. The lowest BCUT2D eigenvalue weighted by molar-refractivity contribution is 0.885. The van der Waals surface area contributed by atoms with Gasteiger partial charge in [-0.1, -0.05) is 6.92 Å². The van der Waals surface area contributed by atoms with Gasteiger partial charge in [-0.2, -0.15) is 0 Å². The van der Waals surface area contributed by atoms with E-state index in [4.69, 9.17) is 4.98 Å². The van der Waals surface area contributed by atoms with Crippen LogP contribution in [0.5, 0.6) is 0 Å². The lowest BCUT2D eigenvalue weighted by Crippen LogP contribution is -2.10. The molecule has 0 aliphatic heterocycles. The smallest absolute Gasteiger partial charge is 0.198 e. The van der Waals surface area contributed by atoms with Crippen LogP contribution in [-0.2, 0) is 7.05 Å². The van der Waals surface area contributed by atoms with E-state index >= 15 is 0 Å². The molecule has 3 rings (SSSR count). The van der Waals surface area contributed by atoms with Gasteiger partial charge >= 0.3 is 0 Å². The van der Waals surface area contributed by atoms with Gasteiger partial charge in [-0.3, -0.25) is 0 Å². The highest BCUT2D eigenvalue weighted by Crippen LogP contribution is 2.42. The van der Waals surface area contributed by atoms with Gasteiger partial charge in [-0.25, -0.2) is 15.0 Å². The van der Waals surface area contributed by atoms with Gasteiger partial charge in [0.05, 0.1) is 9.26 Å². The third-order valence-electron chi connectivity index (χ3n) is 3.40. The Labute approximate surface area is 132 Å². The number of aryl methyl sites for hydroxylation is 1. The molecule has 0 aromatic carbocycles. The molecule has 0 bridgehead atoms. The van der Waals surface area contributed by atoms with Gasteiger partial charge < -0.3 is 9.88 Å². The fraction of sp³-hybridized carbons (Fsp3) is 0.500. The summed E-state index contributed by atoms with van der Waals surface area (Å²) >= 11 is 2.36. The Morgan fingerprint density at radius 2 is 2.20 bits per heavy atom. The van der Waals surface area contributed by atoms with Gasteiger partial charge in [0.25, 0.3) is 0 Å². The van der Waals surface area contributed by atoms with E-state index in [1.165, 1.54) is 18.5 Å².